The Morgan fingerprint density at radius 1 is 1.57 bits per heavy atom. The van der Waals surface area contributed by atoms with E-state index >= 15 is 0 Å². The molecule has 1 saturated heterocycles. The summed E-state index contributed by atoms with van der Waals surface area (Å²) >= 11 is 0. The number of nitrogens with zero attached hydrogens (tertiary/aromatic N) is 1. The van der Waals surface area contributed by atoms with E-state index in [-0.39, 0.29) is 6.42 Å². The van der Waals surface area contributed by atoms with Crippen molar-refractivity contribution >= 4 is 5.97 Å². The second-order valence-corrected chi connectivity index (χ2v) is 3.85. The van der Waals surface area contributed by atoms with E-state index in [2.05, 4.69) is 11.9 Å². The number of likely N-dealkylation sites (tertiary alicyclic amines) is 1. The van der Waals surface area contributed by atoms with Gasteiger partial charge in [-0.25, -0.2) is 0 Å². The molecule has 1 N–H and O–H groups in total. The van der Waals surface area contributed by atoms with Crippen LogP contribution in [0, 0.1) is 0 Å². The van der Waals surface area contributed by atoms with Gasteiger partial charge in [0.1, 0.15) is 0 Å². The van der Waals surface area contributed by atoms with Gasteiger partial charge in [-0.1, -0.05) is 6.42 Å². The van der Waals surface area contributed by atoms with Crippen LogP contribution in [0.25, 0.3) is 0 Å². The Bertz CT molecular complexity index is 184. The summed E-state index contributed by atoms with van der Waals surface area (Å²) in [7, 11) is 2.10. The first-order chi connectivity index (χ1) is 6.70. The molecule has 4 nitrogen and oxygen atoms in total. The lowest BCUT2D eigenvalue weighted by Gasteiger charge is -2.32. The number of likely N-dealkylation sites (N-methyl/N-ethyl adjacent to an activating group) is 1. The zero-order chi connectivity index (χ0) is 10.4. The lowest BCUT2D eigenvalue weighted by atomic mass is 10.0. The number of carbonyl (C=O) groups is 1. The highest BCUT2D eigenvalue weighted by Crippen LogP contribution is 2.14. The maximum absolute atomic E-state index is 10.2. The van der Waals surface area contributed by atoms with Crippen molar-refractivity contribution in [1.82, 2.24) is 4.90 Å². The average Bonchev–Trinajstić information content (AvgIpc) is 2.15. The first kappa shape index (κ1) is 11.5. The van der Waals surface area contributed by atoms with Gasteiger partial charge in [0.25, 0.3) is 0 Å². The molecule has 0 aromatic heterocycles. The Morgan fingerprint density at radius 2 is 2.36 bits per heavy atom. The second kappa shape index (κ2) is 5.98. The van der Waals surface area contributed by atoms with E-state index in [0.717, 1.165) is 6.54 Å². The molecule has 0 saturated carbocycles. The maximum Gasteiger partial charge on any atom is 0.305 e. The molecular weight excluding hydrogens is 182 g/mol. The van der Waals surface area contributed by atoms with Crippen molar-refractivity contribution in [3.05, 3.63) is 0 Å². The van der Waals surface area contributed by atoms with Gasteiger partial charge in [-0.05, 0) is 26.4 Å². The molecule has 0 bridgehead atoms. The molecule has 4 heteroatoms. The summed E-state index contributed by atoms with van der Waals surface area (Å²) < 4.78 is 5.33. The fourth-order valence-corrected chi connectivity index (χ4v) is 1.73. The largest absolute Gasteiger partial charge is 0.481 e. The minimum atomic E-state index is -0.790. The number of ether oxygens (including phenoxy) is 1. The number of hydrogen-bond donors (Lipinski definition) is 1. The Morgan fingerprint density at radius 3 is 3.00 bits per heavy atom. The van der Waals surface area contributed by atoms with Crippen molar-refractivity contribution in [3.8, 4) is 0 Å². The van der Waals surface area contributed by atoms with Crippen molar-refractivity contribution < 1.29 is 14.6 Å². The molecular formula is C10H19NO3. The van der Waals surface area contributed by atoms with Gasteiger partial charge in [0, 0.05) is 6.04 Å². The summed E-state index contributed by atoms with van der Waals surface area (Å²) in [5, 5.41) is 8.41. The highest BCUT2D eigenvalue weighted by atomic mass is 16.5. The molecule has 14 heavy (non-hydrogen) atoms. The van der Waals surface area contributed by atoms with Crippen LogP contribution in [-0.4, -0.2) is 48.8 Å². The van der Waals surface area contributed by atoms with Crippen molar-refractivity contribution in [3.63, 3.8) is 0 Å². The van der Waals surface area contributed by atoms with E-state index in [9.17, 15) is 4.79 Å². The fraction of sp³-hybridized carbons (Fsp3) is 0.900. The van der Waals surface area contributed by atoms with Gasteiger partial charge in [0.2, 0.25) is 0 Å². The maximum atomic E-state index is 10.2. The second-order valence-electron chi connectivity index (χ2n) is 3.85. The zero-order valence-electron chi connectivity index (χ0n) is 8.74. The Labute approximate surface area is 84.8 Å². The molecule has 1 aliphatic rings. The number of hydrogen-bond acceptors (Lipinski definition) is 3. The first-order valence-corrected chi connectivity index (χ1v) is 5.20. The number of carboxylic acid groups (broad SMARTS) is 1. The SMILES string of the molecule is CN1CCCC[C@@H]1COCCC(=O)O. The Hall–Kier alpha value is -0.610. The molecule has 1 rings (SSSR count). The lowest BCUT2D eigenvalue weighted by molar-refractivity contribution is -0.138. The average molecular weight is 201 g/mol. The summed E-state index contributed by atoms with van der Waals surface area (Å²) in [6, 6.07) is 0.484. The molecule has 0 radical (unpaired) electrons. The smallest absolute Gasteiger partial charge is 0.305 e. The lowest BCUT2D eigenvalue weighted by Crippen LogP contribution is -2.39. The van der Waals surface area contributed by atoms with E-state index in [1.54, 1.807) is 0 Å². The van der Waals surface area contributed by atoms with E-state index in [1.165, 1.54) is 19.3 Å². The van der Waals surface area contributed by atoms with Crippen molar-refractivity contribution in [1.29, 1.82) is 0 Å². The molecule has 1 aliphatic heterocycles. The van der Waals surface area contributed by atoms with Crippen molar-refractivity contribution in [2.45, 2.75) is 31.7 Å². The first-order valence-electron chi connectivity index (χ1n) is 5.20. The predicted molar refractivity (Wildman–Crippen MR) is 53.3 cm³/mol. The molecule has 0 aliphatic carbocycles. The van der Waals surface area contributed by atoms with Gasteiger partial charge in [0.05, 0.1) is 19.6 Å². The molecule has 0 amide bonds. The van der Waals surface area contributed by atoms with Gasteiger partial charge in [-0.3, -0.25) is 4.79 Å². The van der Waals surface area contributed by atoms with Gasteiger partial charge < -0.3 is 14.7 Å². The highest BCUT2D eigenvalue weighted by molar-refractivity contribution is 5.66. The van der Waals surface area contributed by atoms with Crippen LogP contribution in [0.1, 0.15) is 25.7 Å². The molecule has 0 unspecified atom stereocenters. The van der Waals surface area contributed by atoms with Gasteiger partial charge in [-0.15, -0.1) is 0 Å². The molecule has 1 atom stereocenters. The van der Waals surface area contributed by atoms with E-state index in [1.807, 2.05) is 0 Å². The summed E-state index contributed by atoms with van der Waals surface area (Å²) in [4.78, 5) is 12.5. The number of piperidine rings is 1. The summed E-state index contributed by atoms with van der Waals surface area (Å²) in [5.41, 5.74) is 0. The third-order valence-electron chi connectivity index (χ3n) is 2.69. The monoisotopic (exact) mass is 201 g/mol. The van der Waals surface area contributed by atoms with Crippen LogP contribution in [0.2, 0.25) is 0 Å². The highest BCUT2D eigenvalue weighted by Gasteiger charge is 2.18. The number of rotatable bonds is 5. The minimum absolute atomic E-state index is 0.108. The van der Waals surface area contributed by atoms with Crippen molar-refractivity contribution in [2.24, 2.45) is 0 Å². The standard InChI is InChI=1S/C10H19NO3/c1-11-6-3-2-4-9(11)8-14-7-5-10(12)13/h9H,2-8H2,1H3,(H,12,13)/t9-/m1/s1. The predicted octanol–water partition coefficient (Wildman–Crippen LogP) is 0.962. The van der Waals surface area contributed by atoms with Crippen LogP contribution in [0.4, 0.5) is 0 Å². The summed E-state index contributed by atoms with van der Waals surface area (Å²) in [5.74, 6) is -0.790. The van der Waals surface area contributed by atoms with Crippen LogP contribution in [-0.2, 0) is 9.53 Å². The van der Waals surface area contributed by atoms with E-state index in [0.29, 0.717) is 19.3 Å². The quantitative estimate of drug-likeness (QED) is 0.673. The third-order valence-corrected chi connectivity index (χ3v) is 2.69. The third kappa shape index (κ3) is 4.07. The molecule has 0 aromatic rings. The Balaban J connectivity index is 2.07. The van der Waals surface area contributed by atoms with Crippen molar-refractivity contribution in [2.75, 3.05) is 26.8 Å². The number of aliphatic carboxylic acids is 1. The molecule has 0 aromatic carbocycles. The van der Waals surface area contributed by atoms with Crippen LogP contribution in [0.5, 0.6) is 0 Å². The zero-order valence-corrected chi connectivity index (χ0v) is 8.74. The molecule has 0 spiro atoms. The van der Waals surface area contributed by atoms with Crippen LogP contribution in [0.3, 0.4) is 0 Å². The number of carboxylic acids is 1. The topological polar surface area (TPSA) is 49.8 Å². The van der Waals surface area contributed by atoms with E-state index in [4.69, 9.17) is 9.84 Å². The van der Waals surface area contributed by atoms with E-state index < -0.39 is 5.97 Å². The summed E-state index contributed by atoms with van der Waals surface area (Å²) in [6.45, 7) is 2.14. The van der Waals surface area contributed by atoms with Crippen LogP contribution in [0.15, 0.2) is 0 Å². The normalized spacial score (nSPS) is 23.6. The molecule has 1 fully saturated rings. The summed E-state index contributed by atoms with van der Waals surface area (Å²) in [6.07, 6.45) is 3.80. The minimum Gasteiger partial charge on any atom is -0.481 e. The molecule has 1 heterocycles. The Kier molecular flexibility index (Phi) is 4.90. The van der Waals surface area contributed by atoms with Gasteiger partial charge >= 0.3 is 5.97 Å². The van der Waals surface area contributed by atoms with Crippen LogP contribution < -0.4 is 0 Å². The molecule has 82 valence electrons. The van der Waals surface area contributed by atoms with Gasteiger partial charge in [-0.2, -0.15) is 0 Å². The van der Waals surface area contributed by atoms with Crippen LogP contribution >= 0.6 is 0 Å². The fourth-order valence-electron chi connectivity index (χ4n) is 1.73. The van der Waals surface area contributed by atoms with Gasteiger partial charge in [0.15, 0.2) is 0 Å².